The van der Waals surface area contributed by atoms with Gasteiger partial charge in [-0.3, -0.25) is 9.78 Å². The summed E-state index contributed by atoms with van der Waals surface area (Å²) in [5, 5.41) is 2.96. The van der Waals surface area contributed by atoms with Gasteiger partial charge in [-0.2, -0.15) is 0 Å². The fourth-order valence-corrected chi connectivity index (χ4v) is 2.82. The maximum absolute atomic E-state index is 12.0. The van der Waals surface area contributed by atoms with E-state index in [0.717, 1.165) is 9.35 Å². The minimum Gasteiger partial charge on any atom is -0.345 e. The van der Waals surface area contributed by atoms with Crippen LogP contribution in [-0.4, -0.2) is 10.9 Å². The first kappa shape index (κ1) is 13.2. The highest BCUT2D eigenvalue weighted by atomic mass is 79.9. The molecule has 1 N–H and O–H groups in total. The van der Waals surface area contributed by atoms with Crippen molar-refractivity contribution in [2.24, 2.45) is 0 Å². The number of nitrogens with one attached hydrogen (secondary N) is 1. The van der Waals surface area contributed by atoms with Crippen LogP contribution in [0.4, 0.5) is 0 Å². The van der Waals surface area contributed by atoms with Gasteiger partial charge in [-0.05, 0) is 48.0 Å². The lowest BCUT2D eigenvalue weighted by molar-refractivity contribution is 0.0940. The zero-order chi connectivity index (χ0) is 13.1. The minimum absolute atomic E-state index is 0.00943. The molecule has 0 aromatic carbocycles. The fourth-order valence-electron chi connectivity index (χ4n) is 1.57. The molecule has 2 aromatic heterocycles. The first-order valence-electron chi connectivity index (χ1n) is 5.54. The lowest BCUT2D eigenvalue weighted by atomic mass is 10.2. The second kappa shape index (κ2) is 5.63. The van der Waals surface area contributed by atoms with Crippen molar-refractivity contribution in [3.8, 4) is 0 Å². The van der Waals surface area contributed by atoms with Gasteiger partial charge in [0.25, 0.3) is 5.91 Å². The Balaban J connectivity index is 2.08. The molecular formula is C13H13BrN2OS. The SMILES string of the molecule is Cc1ccc(C(C)NC(=O)c2cncc(Br)c2)s1. The summed E-state index contributed by atoms with van der Waals surface area (Å²) >= 11 is 5.00. The molecule has 2 aromatic rings. The van der Waals surface area contributed by atoms with Gasteiger partial charge in [-0.15, -0.1) is 11.3 Å². The van der Waals surface area contributed by atoms with Crippen molar-refractivity contribution in [1.29, 1.82) is 0 Å². The zero-order valence-corrected chi connectivity index (χ0v) is 12.5. The van der Waals surface area contributed by atoms with Crippen LogP contribution in [0.25, 0.3) is 0 Å². The monoisotopic (exact) mass is 324 g/mol. The highest BCUT2D eigenvalue weighted by Crippen LogP contribution is 2.22. The Labute approximate surface area is 118 Å². The molecule has 2 rings (SSSR count). The van der Waals surface area contributed by atoms with Crippen LogP contribution in [0.5, 0.6) is 0 Å². The number of rotatable bonds is 3. The molecule has 0 radical (unpaired) electrons. The molecule has 0 saturated carbocycles. The average Bonchev–Trinajstić information content (AvgIpc) is 2.76. The maximum atomic E-state index is 12.0. The number of hydrogen-bond donors (Lipinski definition) is 1. The normalized spacial score (nSPS) is 12.2. The number of amides is 1. The van der Waals surface area contributed by atoms with Crippen molar-refractivity contribution >= 4 is 33.2 Å². The van der Waals surface area contributed by atoms with Gasteiger partial charge in [0.1, 0.15) is 0 Å². The Morgan fingerprint density at radius 1 is 1.44 bits per heavy atom. The summed E-state index contributed by atoms with van der Waals surface area (Å²) in [6.45, 7) is 4.04. The van der Waals surface area contributed by atoms with Gasteiger partial charge < -0.3 is 5.32 Å². The van der Waals surface area contributed by atoms with Crippen LogP contribution < -0.4 is 5.32 Å². The molecule has 0 fully saturated rings. The number of aromatic nitrogens is 1. The number of pyridine rings is 1. The van der Waals surface area contributed by atoms with E-state index in [1.54, 1.807) is 29.8 Å². The Morgan fingerprint density at radius 2 is 2.22 bits per heavy atom. The van der Waals surface area contributed by atoms with E-state index in [1.807, 2.05) is 13.0 Å². The number of thiophene rings is 1. The lowest BCUT2D eigenvalue weighted by Gasteiger charge is -2.12. The first-order chi connectivity index (χ1) is 8.56. The molecule has 0 bridgehead atoms. The Hall–Kier alpha value is -1.20. The van der Waals surface area contributed by atoms with Crippen LogP contribution in [0, 0.1) is 6.92 Å². The summed E-state index contributed by atoms with van der Waals surface area (Å²) in [5.74, 6) is -0.109. The topological polar surface area (TPSA) is 42.0 Å². The number of carbonyl (C=O) groups is 1. The maximum Gasteiger partial charge on any atom is 0.253 e. The number of aryl methyl sites for hydroxylation is 1. The quantitative estimate of drug-likeness (QED) is 0.935. The van der Waals surface area contributed by atoms with Gasteiger partial charge in [-0.1, -0.05) is 0 Å². The third kappa shape index (κ3) is 3.17. The van der Waals surface area contributed by atoms with Crippen molar-refractivity contribution in [1.82, 2.24) is 10.3 Å². The zero-order valence-electron chi connectivity index (χ0n) is 10.1. The first-order valence-corrected chi connectivity index (χ1v) is 7.15. The van der Waals surface area contributed by atoms with E-state index in [2.05, 4.69) is 39.2 Å². The van der Waals surface area contributed by atoms with Crippen LogP contribution in [0.15, 0.2) is 35.1 Å². The predicted octanol–water partition coefficient (Wildman–Crippen LogP) is 3.71. The molecule has 94 valence electrons. The van der Waals surface area contributed by atoms with E-state index >= 15 is 0 Å². The lowest BCUT2D eigenvalue weighted by Crippen LogP contribution is -2.26. The summed E-state index contributed by atoms with van der Waals surface area (Å²) in [7, 11) is 0. The molecule has 1 amide bonds. The molecular weight excluding hydrogens is 312 g/mol. The second-order valence-electron chi connectivity index (χ2n) is 4.04. The molecule has 2 heterocycles. The van der Waals surface area contributed by atoms with Crippen molar-refractivity contribution in [3.05, 3.63) is 50.4 Å². The highest BCUT2D eigenvalue weighted by Gasteiger charge is 2.13. The standard InChI is InChI=1S/C13H13BrN2OS/c1-8-3-4-12(18-8)9(2)16-13(17)10-5-11(14)7-15-6-10/h3-7,9H,1-2H3,(H,16,17). The Kier molecular flexibility index (Phi) is 4.14. The van der Waals surface area contributed by atoms with Crippen LogP contribution in [0.2, 0.25) is 0 Å². The largest absolute Gasteiger partial charge is 0.345 e. The predicted molar refractivity (Wildman–Crippen MR) is 76.9 cm³/mol. The molecule has 1 atom stereocenters. The summed E-state index contributed by atoms with van der Waals surface area (Å²) in [6, 6.07) is 5.87. The van der Waals surface area contributed by atoms with E-state index < -0.39 is 0 Å². The molecule has 0 aliphatic carbocycles. The van der Waals surface area contributed by atoms with Crippen molar-refractivity contribution in [2.45, 2.75) is 19.9 Å². The van der Waals surface area contributed by atoms with Gasteiger partial charge in [0.05, 0.1) is 11.6 Å². The number of nitrogens with zero attached hydrogens (tertiary/aromatic N) is 1. The van der Waals surface area contributed by atoms with Crippen molar-refractivity contribution in [3.63, 3.8) is 0 Å². The fraction of sp³-hybridized carbons (Fsp3) is 0.231. The van der Waals surface area contributed by atoms with E-state index in [1.165, 1.54) is 4.88 Å². The van der Waals surface area contributed by atoms with Crippen LogP contribution in [0.1, 0.15) is 33.1 Å². The number of carbonyl (C=O) groups excluding carboxylic acids is 1. The van der Waals surface area contributed by atoms with Gasteiger partial charge in [0.2, 0.25) is 0 Å². The number of halogens is 1. The molecule has 0 spiro atoms. The van der Waals surface area contributed by atoms with Crippen LogP contribution >= 0.6 is 27.3 Å². The molecule has 18 heavy (non-hydrogen) atoms. The van der Waals surface area contributed by atoms with Gasteiger partial charge >= 0.3 is 0 Å². The molecule has 0 aliphatic rings. The van der Waals surface area contributed by atoms with Gasteiger partial charge in [0.15, 0.2) is 0 Å². The average molecular weight is 325 g/mol. The molecule has 3 nitrogen and oxygen atoms in total. The van der Waals surface area contributed by atoms with Gasteiger partial charge in [0, 0.05) is 26.6 Å². The van der Waals surface area contributed by atoms with E-state index in [4.69, 9.17) is 0 Å². The highest BCUT2D eigenvalue weighted by molar-refractivity contribution is 9.10. The molecule has 1 unspecified atom stereocenters. The number of hydrogen-bond acceptors (Lipinski definition) is 3. The second-order valence-corrected chi connectivity index (χ2v) is 6.27. The third-order valence-electron chi connectivity index (χ3n) is 2.50. The van der Waals surface area contributed by atoms with Crippen molar-refractivity contribution < 1.29 is 4.79 Å². The smallest absolute Gasteiger partial charge is 0.253 e. The summed E-state index contributed by atoms with van der Waals surface area (Å²) in [5.41, 5.74) is 0.560. The van der Waals surface area contributed by atoms with Crippen LogP contribution in [-0.2, 0) is 0 Å². The third-order valence-corrected chi connectivity index (χ3v) is 4.12. The molecule has 0 aliphatic heterocycles. The summed E-state index contributed by atoms with van der Waals surface area (Å²) in [4.78, 5) is 18.4. The van der Waals surface area contributed by atoms with E-state index in [-0.39, 0.29) is 11.9 Å². The Bertz CT molecular complexity index is 568. The Morgan fingerprint density at radius 3 is 2.83 bits per heavy atom. The van der Waals surface area contributed by atoms with Gasteiger partial charge in [-0.25, -0.2) is 0 Å². The molecule has 5 heteroatoms. The van der Waals surface area contributed by atoms with E-state index in [0.29, 0.717) is 5.56 Å². The summed E-state index contributed by atoms with van der Waals surface area (Å²) < 4.78 is 0.801. The molecule has 0 saturated heterocycles. The van der Waals surface area contributed by atoms with Crippen LogP contribution in [0.3, 0.4) is 0 Å². The van der Waals surface area contributed by atoms with E-state index in [9.17, 15) is 4.79 Å². The van der Waals surface area contributed by atoms with Crippen molar-refractivity contribution in [2.75, 3.05) is 0 Å². The summed E-state index contributed by atoms with van der Waals surface area (Å²) in [6.07, 6.45) is 3.22. The minimum atomic E-state index is -0.109.